The van der Waals surface area contributed by atoms with Gasteiger partial charge in [0.15, 0.2) is 5.78 Å². The van der Waals surface area contributed by atoms with Crippen molar-refractivity contribution in [1.29, 1.82) is 0 Å². The fraction of sp³-hybridized carbons (Fsp3) is 0.789. The van der Waals surface area contributed by atoms with Crippen molar-refractivity contribution in [2.45, 2.75) is 64.9 Å². The van der Waals surface area contributed by atoms with E-state index in [1.807, 2.05) is 0 Å². The summed E-state index contributed by atoms with van der Waals surface area (Å²) in [7, 11) is 0. The zero-order valence-corrected chi connectivity index (χ0v) is 13.6. The Labute approximate surface area is 132 Å². The van der Waals surface area contributed by atoms with Crippen molar-refractivity contribution in [2.75, 3.05) is 0 Å². The fourth-order valence-electron chi connectivity index (χ4n) is 6.38. The molecule has 22 heavy (non-hydrogen) atoms. The molecule has 4 aliphatic rings. The van der Waals surface area contributed by atoms with Crippen LogP contribution in [0, 0.1) is 28.6 Å². The Kier molecular flexibility index (Phi) is 3.01. The number of aliphatic hydroxyl groups is 1. The van der Waals surface area contributed by atoms with E-state index >= 15 is 0 Å². The van der Waals surface area contributed by atoms with Gasteiger partial charge in [-0.25, -0.2) is 0 Å². The minimum absolute atomic E-state index is 0.0385. The van der Waals surface area contributed by atoms with Gasteiger partial charge >= 0.3 is 0 Å². The first kappa shape index (κ1) is 14.6. The van der Waals surface area contributed by atoms with E-state index in [1.54, 1.807) is 6.08 Å². The monoisotopic (exact) mass is 302 g/mol. The van der Waals surface area contributed by atoms with Crippen molar-refractivity contribution in [3.63, 3.8) is 0 Å². The highest BCUT2D eigenvalue weighted by Crippen LogP contribution is 2.64. The molecule has 0 aromatic rings. The van der Waals surface area contributed by atoms with Crippen molar-refractivity contribution in [2.24, 2.45) is 28.6 Å². The van der Waals surface area contributed by atoms with Crippen molar-refractivity contribution in [1.82, 2.24) is 0 Å². The molecule has 6 atom stereocenters. The molecule has 0 aromatic heterocycles. The van der Waals surface area contributed by atoms with Gasteiger partial charge in [0.2, 0.25) is 0 Å². The topological polar surface area (TPSA) is 54.4 Å². The average molecular weight is 302 g/mol. The van der Waals surface area contributed by atoms with Crippen LogP contribution in [0.1, 0.15) is 58.8 Å². The summed E-state index contributed by atoms with van der Waals surface area (Å²) in [5.74, 6) is 2.01. The van der Waals surface area contributed by atoms with E-state index in [0.717, 1.165) is 44.1 Å². The van der Waals surface area contributed by atoms with Gasteiger partial charge in [-0.3, -0.25) is 9.59 Å². The zero-order chi connectivity index (χ0) is 15.7. The average Bonchev–Trinajstić information content (AvgIpc) is 2.77. The maximum atomic E-state index is 12.4. The van der Waals surface area contributed by atoms with Crippen LogP contribution in [0.4, 0.5) is 0 Å². The summed E-state index contributed by atoms with van der Waals surface area (Å²) < 4.78 is 0. The molecular formula is C19H26O3. The van der Waals surface area contributed by atoms with Crippen LogP contribution >= 0.6 is 0 Å². The number of carbonyl (C=O) groups excluding carboxylic acids is 2. The number of hydrogen-bond donors (Lipinski definition) is 1. The highest BCUT2D eigenvalue weighted by atomic mass is 16.3. The molecule has 3 fully saturated rings. The van der Waals surface area contributed by atoms with Crippen molar-refractivity contribution >= 4 is 11.6 Å². The highest BCUT2D eigenvalue weighted by molar-refractivity contribution is 5.92. The molecule has 3 nitrogen and oxygen atoms in total. The molecular weight excluding hydrogens is 276 g/mol. The summed E-state index contributed by atoms with van der Waals surface area (Å²) in [6.45, 7) is 4.42. The first-order valence-corrected chi connectivity index (χ1v) is 8.82. The Balaban J connectivity index is 1.74. The van der Waals surface area contributed by atoms with E-state index in [1.165, 1.54) is 0 Å². The molecule has 0 amide bonds. The second kappa shape index (κ2) is 4.53. The van der Waals surface area contributed by atoms with Gasteiger partial charge in [-0.2, -0.15) is 0 Å². The lowest BCUT2D eigenvalue weighted by molar-refractivity contribution is -0.134. The molecule has 1 N–H and O–H groups in total. The van der Waals surface area contributed by atoms with Crippen molar-refractivity contribution < 1.29 is 14.7 Å². The molecule has 120 valence electrons. The van der Waals surface area contributed by atoms with Crippen LogP contribution in [0.15, 0.2) is 11.6 Å². The van der Waals surface area contributed by atoms with Gasteiger partial charge in [0.05, 0.1) is 6.10 Å². The van der Waals surface area contributed by atoms with Gasteiger partial charge in [0.1, 0.15) is 5.78 Å². The minimum atomic E-state index is -0.492. The highest BCUT2D eigenvalue weighted by Gasteiger charge is 2.60. The summed E-state index contributed by atoms with van der Waals surface area (Å²) in [5, 5.41) is 10.7. The second-order valence-corrected chi connectivity index (χ2v) is 8.53. The number of ketones is 2. The number of carbonyl (C=O) groups is 2. The van der Waals surface area contributed by atoms with E-state index in [0.29, 0.717) is 30.0 Å². The zero-order valence-electron chi connectivity index (χ0n) is 13.6. The molecule has 0 unspecified atom stereocenters. The molecule has 4 rings (SSSR count). The number of aliphatic hydroxyl groups excluding tert-OH is 1. The first-order valence-electron chi connectivity index (χ1n) is 8.82. The maximum Gasteiger partial charge on any atom is 0.155 e. The Morgan fingerprint density at radius 2 is 1.77 bits per heavy atom. The first-order chi connectivity index (χ1) is 10.4. The maximum absolute atomic E-state index is 12.4. The van der Waals surface area contributed by atoms with Crippen LogP contribution in [0.25, 0.3) is 0 Å². The molecule has 0 saturated heterocycles. The molecule has 3 heteroatoms. The summed E-state index contributed by atoms with van der Waals surface area (Å²) in [6, 6.07) is 0. The third-order valence-electron chi connectivity index (χ3n) is 7.69. The summed E-state index contributed by atoms with van der Waals surface area (Å²) in [6.07, 6.45) is 7.24. The number of rotatable bonds is 0. The molecule has 0 heterocycles. The lowest BCUT2D eigenvalue weighted by atomic mass is 9.47. The van der Waals surface area contributed by atoms with E-state index < -0.39 is 6.10 Å². The molecule has 0 spiro atoms. The number of fused-ring (bicyclic) bond motifs is 5. The van der Waals surface area contributed by atoms with Gasteiger partial charge < -0.3 is 5.11 Å². The third kappa shape index (κ3) is 1.72. The number of hydrogen-bond acceptors (Lipinski definition) is 3. The van der Waals surface area contributed by atoms with Crippen LogP contribution in [0.5, 0.6) is 0 Å². The fourth-order valence-corrected chi connectivity index (χ4v) is 6.38. The van der Waals surface area contributed by atoms with E-state index in [-0.39, 0.29) is 16.6 Å². The van der Waals surface area contributed by atoms with Crippen LogP contribution in [0.3, 0.4) is 0 Å². The molecule has 0 aliphatic heterocycles. The van der Waals surface area contributed by atoms with E-state index in [2.05, 4.69) is 13.8 Å². The van der Waals surface area contributed by atoms with Crippen LogP contribution in [0.2, 0.25) is 0 Å². The van der Waals surface area contributed by atoms with Gasteiger partial charge in [0, 0.05) is 18.3 Å². The molecule has 3 saturated carbocycles. The van der Waals surface area contributed by atoms with Crippen LogP contribution in [-0.4, -0.2) is 22.8 Å². The Hall–Kier alpha value is -0.960. The molecule has 0 radical (unpaired) electrons. The Morgan fingerprint density at radius 3 is 2.55 bits per heavy atom. The van der Waals surface area contributed by atoms with Gasteiger partial charge in [0.25, 0.3) is 0 Å². The smallest absolute Gasteiger partial charge is 0.155 e. The normalized spacial score (nSPS) is 51.0. The van der Waals surface area contributed by atoms with Crippen molar-refractivity contribution in [3.05, 3.63) is 11.6 Å². The summed E-state index contributed by atoms with van der Waals surface area (Å²) >= 11 is 0. The van der Waals surface area contributed by atoms with Crippen LogP contribution < -0.4 is 0 Å². The van der Waals surface area contributed by atoms with Gasteiger partial charge in [-0.1, -0.05) is 13.8 Å². The van der Waals surface area contributed by atoms with Crippen molar-refractivity contribution in [3.8, 4) is 0 Å². The lowest BCUT2D eigenvalue weighted by Crippen LogP contribution is -2.54. The second-order valence-electron chi connectivity index (χ2n) is 8.53. The van der Waals surface area contributed by atoms with E-state index in [4.69, 9.17) is 0 Å². The van der Waals surface area contributed by atoms with Gasteiger partial charge in [-0.15, -0.1) is 0 Å². The standard InChI is InChI=1S/C19H26O3/c1-18-7-5-11(20)9-15(18)16(21)10-12-13-3-4-17(22)19(13,2)8-6-14(12)18/h9,12-14,16,21H,3-8,10H2,1-2H3/t12-,13-,14-,16+,18+,19-/m1/s1. The van der Waals surface area contributed by atoms with Gasteiger partial charge in [-0.05, 0) is 66.9 Å². The quantitative estimate of drug-likeness (QED) is 0.748. The number of Topliss-reactive ketones (excluding diaryl/α,β-unsaturated/α-hetero) is 1. The largest absolute Gasteiger partial charge is 0.389 e. The predicted molar refractivity (Wildman–Crippen MR) is 83.1 cm³/mol. The molecule has 0 aromatic carbocycles. The SMILES string of the molecule is C[C@@]12CC[C@@H]3[C@H](C[C@H](O)C4=CC(=O)CC[C@]43C)[C@H]1CCC2=O. The van der Waals surface area contributed by atoms with E-state index in [9.17, 15) is 14.7 Å². The lowest BCUT2D eigenvalue weighted by Gasteiger charge is -2.58. The van der Waals surface area contributed by atoms with Crippen LogP contribution in [-0.2, 0) is 9.59 Å². The molecule has 0 bridgehead atoms. The minimum Gasteiger partial charge on any atom is -0.389 e. The summed E-state index contributed by atoms with van der Waals surface area (Å²) in [4.78, 5) is 24.2. The Bertz CT molecular complexity index is 577. The predicted octanol–water partition coefficient (Wildman–Crippen LogP) is 3.06. The summed E-state index contributed by atoms with van der Waals surface area (Å²) in [5.41, 5.74) is 0.796. The third-order valence-corrected chi connectivity index (χ3v) is 7.69. The molecule has 4 aliphatic carbocycles. The Morgan fingerprint density at radius 1 is 1.05 bits per heavy atom.